The number of nitrogens with one attached hydrogen (secondary N) is 1. The molecule has 0 aliphatic carbocycles. The number of para-hydroxylation sites is 1. The van der Waals surface area contributed by atoms with Crippen LogP contribution < -0.4 is 15.0 Å². The van der Waals surface area contributed by atoms with Crippen molar-refractivity contribution in [1.82, 2.24) is 5.32 Å². The van der Waals surface area contributed by atoms with Crippen LogP contribution in [0.25, 0.3) is 0 Å². The molecule has 3 rings (SSSR count). The normalized spacial score (nSPS) is 19.3. The predicted molar refractivity (Wildman–Crippen MR) is 87.5 cm³/mol. The minimum absolute atomic E-state index is 0.0472. The van der Waals surface area contributed by atoms with Gasteiger partial charge in [-0.25, -0.2) is 4.79 Å². The van der Waals surface area contributed by atoms with Crippen LogP contribution in [0.2, 0.25) is 0 Å². The Balaban J connectivity index is 2.05. The highest BCUT2D eigenvalue weighted by atomic mass is 19.4. The molecule has 0 spiro atoms. The molecular weight excluding hydrogens is 347 g/mol. The number of nitrogens with zero attached hydrogens (tertiary/aromatic N) is 2. The fourth-order valence-corrected chi connectivity index (χ4v) is 2.88. The Labute approximate surface area is 147 Å². The van der Waals surface area contributed by atoms with Crippen molar-refractivity contribution >= 4 is 11.7 Å². The number of carbonyl (C=O) groups is 1. The van der Waals surface area contributed by atoms with Gasteiger partial charge in [-0.15, -0.1) is 0 Å². The molecule has 1 atom stereocenters. The highest BCUT2D eigenvalue weighted by Gasteiger charge is 2.61. The van der Waals surface area contributed by atoms with Crippen LogP contribution in [0, 0.1) is 11.3 Å². The summed E-state index contributed by atoms with van der Waals surface area (Å²) in [5.74, 6) is 0.623. The van der Waals surface area contributed by atoms with Crippen molar-refractivity contribution in [1.29, 1.82) is 5.26 Å². The molecule has 1 heterocycles. The van der Waals surface area contributed by atoms with Crippen LogP contribution >= 0.6 is 0 Å². The van der Waals surface area contributed by atoms with Crippen LogP contribution in [0.1, 0.15) is 11.1 Å². The van der Waals surface area contributed by atoms with E-state index in [2.05, 4.69) is 0 Å². The topological polar surface area (TPSA) is 65.4 Å². The number of ether oxygens (including phenoxy) is 1. The molecule has 0 radical (unpaired) electrons. The number of methoxy groups -OCH3 is 1. The highest BCUT2D eigenvalue weighted by molar-refractivity contribution is 5.97. The van der Waals surface area contributed by atoms with E-state index in [9.17, 15) is 23.2 Å². The van der Waals surface area contributed by atoms with E-state index >= 15 is 0 Å². The third-order valence-electron chi connectivity index (χ3n) is 4.23. The Morgan fingerprint density at radius 1 is 1.19 bits per heavy atom. The first-order valence-electron chi connectivity index (χ1n) is 7.62. The summed E-state index contributed by atoms with van der Waals surface area (Å²) in [5.41, 5.74) is -2.63. The molecule has 0 saturated carbocycles. The van der Waals surface area contributed by atoms with E-state index in [0.717, 1.165) is 0 Å². The molecule has 5 nitrogen and oxygen atoms in total. The molecule has 2 aromatic carbocycles. The van der Waals surface area contributed by atoms with Crippen molar-refractivity contribution in [3.8, 4) is 11.8 Å². The van der Waals surface area contributed by atoms with Crippen molar-refractivity contribution < 1.29 is 22.7 Å². The van der Waals surface area contributed by atoms with E-state index in [0.29, 0.717) is 11.3 Å². The first kappa shape index (κ1) is 17.6. The number of nitriles is 1. The number of benzene rings is 2. The minimum Gasteiger partial charge on any atom is -0.497 e. The average Bonchev–Trinajstić information content (AvgIpc) is 2.63. The van der Waals surface area contributed by atoms with Gasteiger partial charge in [0.2, 0.25) is 0 Å². The van der Waals surface area contributed by atoms with Gasteiger partial charge in [0.25, 0.3) is 5.54 Å². The van der Waals surface area contributed by atoms with Gasteiger partial charge in [-0.1, -0.05) is 30.3 Å². The van der Waals surface area contributed by atoms with Crippen molar-refractivity contribution in [3.63, 3.8) is 0 Å². The van der Waals surface area contributed by atoms with E-state index in [4.69, 9.17) is 4.74 Å². The molecule has 134 valence electrons. The fourth-order valence-electron chi connectivity index (χ4n) is 2.88. The number of carbonyl (C=O) groups excluding carboxylic acids is 1. The summed E-state index contributed by atoms with van der Waals surface area (Å²) in [5, 5.41) is 11.1. The zero-order chi connectivity index (χ0) is 18.9. The van der Waals surface area contributed by atoms with Gasteiger partial charge >= 0.3 is 12.2 Å². The van der Waals surface area contributed by atoms with E-state index in [1.165, 1.54) is 42.3 Å². The standard InChI is InChI=1S/C18H14F3N3O2/c1-26-13-8-6-12(7-9-13)10-24-15-5-3-2-4-14(15)17(11-22,18(19,20)21)23-16(24)25/h2-9H,10H2,1H3,(H,23,25)/t17-/m0/s1. The number of amides is 2. The number of hydrogen-bond donors (Lipinski definition) is 1. The summed E-state index contributed by atoms with van der Waals surface area (Å²) in [7, 11) is 1.52. The molecule has 26 heavy (non-hydrogen) atoms. The Morgan fingerprint density at radius 3 is 2.42 bits per heavy atom. The molecule has 1 aliphatic heterocycles. The Morgan fingerprint density at radius 2 is 1.85 bits per heavy atom. The van der Waals surface area contributed by atoms with Crippen LogP contribution in [0.4, 0.5) is 23.7 Å². The number of anilines is 1. The number of urea groups is 1. The lowest BCUT2D eigenvalue weighted by atomic mass is 9.87. The zero-order valence-electron chi connectivity index (χ0n) is 13.7. The third kappa shape index (κ3) is 2.71. The highest BCUT2D eigenvalue weighted by Crippen LogP contribution is 2.45. The molecule has 0 bridgehead atoms. The second-order valence-electron chi connectivity index (χ2n) is 5.74. The Hall–Kier alpha value is -3.21. The van der Waals surface area contributed by atoms with Crippen LogP contribution in [0.3, 0.4) is 0 Å². The smallest absolute Gasteiger partial charge is 0.429 e. The molecule has 2 amide bonds. The lowest BCUT2D eigenvalue weighted by Gasteiger charge is -2.40. The summed E-state index contributed by atoms with van der Waals surface area (Å²) >= 11 is 0. The quantitative estimate of drug-likeness (QED) is 0.906. The molecule has 8 heteroatoms. The second-order valence-corrected chi connectivity index (χ2v) is 5.74. The maximum absolute atomic E-state index is 13.6. The first-order chi connectivity index (χ1) is 12.3. The zero-order valence-corrected chi connectivity index (χ0v) is 13.7. The minimum atomic E-state index is -4.96. The van der Waals surface area contributed by atoms with Crippen LogP contribution in [0.5, 0.6) is 5.75 Å². The van der Waals surface area contributed by atoms with E-state index in [-0.39, 0.29) is 17.8 Å². The SMILES string of the molecule is COc1ccc(CN2C(=O)N[C@](C#N)(C(F)(F)F)c3ccccc32)cc1. The summed E-state index contributed by atoms with van der Waals surface area (Å²) in [6, 6.07) is 12.6. The van der Waals surface area contributed by atoms with Crippen molar-refractivity contribution in [3.05, 3.63) is 59.7 Å². The second kappa shape index (κ2) is 6.26. The lowest BCUT2D eigenvalue weighted by molar-refractivity contribution is -0.179. The van der Waals surface area contributed by atoms with E-state index < -0.39 is 17.7 Å². The van der Waals surface area contributed by atoms with E-state index in [1.54, 1.807) is 24.3 Å². The number of halogens is 3. The number of hydrogen-bond acceptors (Lipinski definition) is 3. The van der Waals surface area contributed by atoms with Crippen molar-refractivity contribution in [2.24, 2.45) is 0 Å². The predicted octanol–water partition coefficient (Wildman–Crippen LogP) is 3.71. The number of fused-ring (bicyclic) bond motifs is 1. The lowest BCUT2D eigenvalue weighted by Crippen LogP contribution is -2.62. The van der Waals surface area contributed by atoms with Gasteiger partial charge in [-0.05, 0) is 23.8 Å². The van der Waals surface area contributed by atoms with E-state index in [1.807, 2.05) is 5.32 Å². The summed E-state index contributed by atoms with van der Waals surface area (Å²) < 4.78 is 45.9. The first-order valence-corrected chi connectivity index (χ1v) is 7.62. The molecule has 0 unspecified atom stereocenters. The van der Waals surface area contributed by atoms with Gasteiger partial charge in [0.15, 0.2) is 0 Å². The van der Waals surface area contributed by atoms with Gasteiger partial charge < -0.3 is 10.1 Å². The molecule has 1 aliphatic rings. The molecule has 0 fully saturated rings. The van der Waals surface area contributed by atoms with Gasteiger partial charge in [-0.2, -0.15) is 18.4 Å². The summed E-state index contributed by atoms with van der Waals surface area (Å²) in [6.07, 6.45) is -4.96. The Kier molecular flexibility index (Phi) is 4.24. The summed E-state index contributed by atoms with van der Waals surface area (Å²) in [4.78, 5) is 13.6. The molecule has 0 saturated heterocycles. The van der Waals surface area contributed by atoms with Crippen LogP contribution in [-0.4, -0.2) is 19.3 Å². The monoisotopic (exact) mass is 361 g/mol. The van der Waals surface area contributed by atoms with Crippen molar-refractivity contribution in [2.45, 2.75) is 18.3 Å². The van der Waals surface area contributed by atoms with Crippen molar-refractivity contribution in [2.75, 3.05) is 12.0 Å². The van der Waals surface area contributed by atoms with Crippen LogP contribution in [-0.2, 0) is 12.1 Å². The molecular formula is C18H14F3N3O2. The Bertz CT molecular complexity index is 874. The fraction of sp³-hybridized carbons (Fsp3) is 0.222. The van der Waals surface area contributed by atoms with Gasteiger partial charge in [0.05, 0.1) is 19.3 Å². The van der Waals surface area contributed by atoms with Gasteiger partial charge in [0.1, 0.15) is 11.8 Å². The molecule has 2 aromatic rings. The average molecular weight is 361 g/mol. The number of alkyl halides is 3. The van der Waals surface area contributed by atoms with Crippen LogP contribution in [0.15, 0.2) is 48.5 Å². The number of rotatable bonds is 3. The maximum Gasteiger partial charge on any atom is 0.429 e. The summed E-state index contributed by atoms with van der Waals surface area (Å²) in [6.45, 7) is 0.0478. The molecule has 0 aromatic heterocycles. The van der Waals surface area contributed by atoms with Gasteiger partial charge in [0, 0.05) is 5.56 Å². The maximum atomic E-state index is 13.6. The van der Waals surface area contributed by atoms with Gasteiger partial charge in [-0.3, -0.25) is 4.90 Å². The molecule has 1 N–H and O–H groups in total. The largest absolute Gasteiger partial charge is 0.497 e. The third-order valence-corrected chi connectivity index (χ3v) is 4.23.